The highest BCUT2D eigenvalue weighted by molar-refractivity contribution is 7.89. The van der Waals surface area contributed by atoms with Crippen LogP contribution in [0.15, 0.2) is 27.8 Å². The van der Waals surface area contributed by atoms with Gasteiger partial charge >= 0.3 is 0 Å². The predicted octanol–water partition coefficient (Wildman–Crippen LogP) is 0.332. The highest BCUT2D eigenvalue weighted by atomic mass is 32.2. The van der Waals surface area contributed by atoms with Gasteiger partial charge in [0.2, 0.25) is 10.0 Å². The SMILES string of the molecule is CCNC(=NCCCNS(=O)(=O)CC)N1CCN(C(=O)c2ccco2)CC1. The van der Waals surface area contributed by atoms with Crippen molar-refractivity contribution in [2.24, 2.45) is 4.99 Å². The van der Waals surface area contributed by atoms with Crippen molar-refractivity contribution in [3.05, 3.63) is 24.2 Å². The minimum Gasteiger partial charge on any atom is -0.459 e. The van der Waals surface area contributed by atoms with Gasteiger partial charge in [0.15, 0.2) is 11.7 Å². The number of sulfonamides is 1. The number of hydrogen-bond acceptors (Lipinski definition) is 5. The Morgan fingerprint density at radius 1 is 1.22 bits per heavy atom. The summed E-state index contributed by atoms with van der Waals surface area (Å²) in [5, 5.41) is 3.26. The van der Waals surface area contributed by atoms with Crippen LogP contribution in [0.4, 0.5) is 0 Å². The molecule has 0 saturated carbocycles. The summed E-state index contributed by atoms with van der Waals surface area (Å²) >= 11 is 0. The smallest absolute Gasteiger partial charge is 0.289 e. The summed E-state index contributed by atoms with van der Waals surface area (Å²) in [7, 11) is -3.15. The Hall–Kier alpha value is -2.07. The van der Waals surface area contributed by atoms with Gasteiger partial charge in [0.1, 0.15) is 0 Å². The Balaban J connectivity index is 1.82. The van der Waals surface area contributed by atoms with Crippen LogP contribution in [0.25, 0.3) is 0 Å². The molecule has 9 nitrogen and oxygen atoms in total. The lowest BCUT2D eigenvalue weighted by Crippen LogP contribution is -2.53. The molecule has 10 heteroatoms. The largest absolute Gasteiger partial charge is 0.459 e. The van der Waals surface area contributed by atoms with Gasteiger partial charge in [0.05, 0.1) is 12.0 Å². The molecule has 1 amide bonds. The Morgan fingerprint density at radius 2 is 1.93 bits per heavy atom. The van der Waals surface area contributed by atoms with Gasteiger partial charge < -0.3 is 19.5 Å². The zero-order chi connectivity index (χ0) is 19.7. The fourth-order valence-electron chi connectivity index (χ4n) is 2.70. The normalized spacial score (nSPS) is 15.9. The maximum absolute atomic E-state index is 12.3. The van der Waals surface area contributed by atoms with E-state index in [2.05, 4.69) is 19.9 Å². The number of carbonyl (C=O) groups excluding carboxylic acids is 1. The van der Waals surface area contributed by atoms with Gasteiger partial charge in [0, 0.05) is 45.8 Å². The number of carbonyl (C=O) groups is 1. The molecular formula is C17H29N5O4S. The number of piperazine rings is 1. The molecular weight excluding hydrogens is 370 g/mol. The number of amides is 1. The zero-order valence-corrected chi connectivity index (χ0v) is 16.8. The van der Waals surface area contributed by atoms with Crippen LogP contribution in [0, 0.1) is 0 Å². The lowest BCUT2D eigenvalue weighted by Gasteiger charge is -2.36. The lowest BCUT2D eigenvalue weighted by atomic mass is 10.3. The lowest BCUT2D eigenvalue weighted by molar-refractivity contribution is 0.0657. The molecule has 0 aliphatic carbocycles. The predicted molar refractivity (Wildman–Crippen MR) is 104 cm³/mol. The van der Waals surface area contributed by atoms with Crippen LogP contribution >= 0.6 is 0 Å². The summed E-state index contributed by atoms with van der Waals surface area (Å²) in [6, 6.07) is 3.38. The number of nitrogens with zero attached hydrogens (tertiary/aromatic N) is 3. The van der Waals surface area contributed by atoms with Crippen molar-refractivity contribution in [3.63, 3.8) is 0 Å². The van der Waals surface area contributed by atoms with Crippen LogP contribution < -0.4 is 10.0 Å². The minimum atomic E-state index is -3.15. The van der Waals surface area contributed by atoms with Crippen molar-refractivity contribution in [3.8, 4) is 0 Å². The minimum absolute atomic E-state index is 0.0832. The van der Waals surface area contributed by atoms with Crippen molar-refractivity contribution in [1.82, 2.24) is 19.8 Å². The van der Waals surface area contributed by atoms with Crippen molar-refractivity contribution in [2.75, 3.05) is 51.6 Å². The van der Waals surface area contributed by atoms with Gasteiger partial charge in [-0.1, -0.05) is 0 Å². The maximum atomic E-state index is 12.3. The van der Waals surface area contributed by atoms with Crippen molar-refractivity contribution < 1.29 is 17.6 Å². The topological polar surface area (TPSA) is 107 Å². The Bertz CT molecular complexity index is 710. The number of nitrogens with one attached hydrogen (secondary N) is 2. The van der Waals surface area contributed by atoms with Gasteiger partial charge in [-0.25, -0.2) is 13.1 Å². The third kappa shape index (κ3) is 6.55. The number of furan rings is 1. The molecule has 27 heavy (non-hydrogen) atoms. The summed E-state index contributed by atoms with van der Waals surface area (Å²) in [4.78, 5) is 20.8. The summed E-state index contributed by atoms with van der Waals surface area (Å²) < 4.78 is 30.5. The summed E-state index contributed by atoms with van der Waals surface area (Å²) in [6.07, 6.45) is 2.13. The summed E-state index contributed by atoms with van der Waals surface area (Å²) in [5.74, 6) is 1.14. The van der Waals surface area contributed by atoms with E-state index < -0.39 is 10.0 Å². The first-order chi connectivity index (χ1) is 13.0. The highest BCUT2D eigenvalue weighted by Crippen LogP contribution is 2.09. The highest BCUT2D eigenvalue weighted by Gasteiger charge is 2.25. The van der Waals surface area contributed by atoms with E-state index >= 15 is 0 Å². The van der Waals surface area contributed by atoms with Crippen LogP contribution in [0.1, 0.15) is 30.8 Å². The first kappa shape index (κ1) is 21.2. The number of aliphatic imine (C=N–C) groups is 1. The van der Waals surface area contributed by atoms with E-state index in [1.165, 1.54) is 6.26 Å². The average Bonchev–Trinajstić information content (AvgIpc) is 3.21. The van der Waals surface area contributed by atoms with Crippen LogP contribution in [0.5, 0.6) is 0 Å². The number of hydrogen-bond donors (Lipinski definition) is 2. The first-order valence-electron chi connectivity index (χ1n) is 9.30. The van der Waals surface area contributed by atoms with E-state index in [9.17, 15) is 13.2 Å². The third-order valence-electron chi connectivity index (χ3n) is 4.23. The van der Waals surface area contributed by atoms with Crippen LogP contribution in [-0.2, 0) is 10.0 Å². The maximum Gasteiger partial charge on any atom is 0.289 e. The van der Waals surface area contributed by atoms with Gasteiger partial charge in [-0.2, -0.15) is 0 Å². The first-order valence-corrected chi connectivity index (χ1v) is 11.0. The molecule has 1 aromatic heterocycles. The fourth-order valence-corrected chi connectivity index (χ4v) is 3.36. The molecule has 2 N–H and O–H groups in total. The second-order valence-electron chi connectivity index (χ2n) is 6.14. The second kappa shape index (κ2) is 10.3. The van der Waals surface area contributed by atoms with E-state index in [1.54, 1.807) is 24.0 Å². The molecule has 2 heterocycles. The molecule has 0 atom stereocenters. The van der Waals surface area contributed by atoms with Gasteiger partial charge in [0.25, 0.3) is 5.91 Å². The van der Waals surface area contributed by atoms with E-state index in [1.807, 2.05) is 6.92 Å². The molecule has 1 aromatic rings. The summed E-state index contributed by atoms with van der Waals surface area (Å²) in [6.45, 7) is 7.82. The van der Waals surface area contributed by atoms with Crippen molar-refractivity contribution in [2.45, 2.75) is 20.3 Å². The molecule has 0 aromatic carbocycles. The van der Waals surface area contributed by atoms with E-state index in [-0.39, 0.29) is 11.7 Å². The standard InChI is InChI=1S/C17H29N5O4S/c1-3-18-17(19-8-6-9-20-27(24,25)4-2)22-12-10-21(11-13-22)16(23)15-7-5-14-26-15/h5,7,14,20H,3-4,6,8-13H2,1-2H3,(H,18,19). The Morgan fingerprint density at radius 3 is 2.52 bits per heavy atom. The Kier molecular flexibility index (Phi) is 8.11. The quantitative estimate of drug-likeness (QED) is 0.371. The van der Waals surface area contributed by atoms with E-state index in [4.69, 9.17) is 4.42 Å². The summed E-state index contributed by atoms with van der Waals surface area (Å²) in [5.41, 5.74) is 0. The second-order valence-corrected chi connectivity index (χ2v) is 8.24. The van der Waals surface area contributed by atoms with Crippen LogP contribution in [0.2, 0.25) is 0 Å². The third-order valence-corrected chi connectivity index (χ3v) is 5.64. The number of rotatable bonds is 8. The fraction of sp³-hybridized carbons (Fsp3) is 0.647. The number of guanidine groups is 1. The van der Waals surface area contributed by atoms with Crippen molar-refractivity contribution >= 4 is 21.9 Å². The molecule has 1 fully saturated rings. The van der Waals surface area contributed by atoms with Crippen LogP contribution in [0.3, 0.4) is 0 Å². The molecule has 0 unspecified atom stereocenters. The molecule has 0 bridgehead atoms. The van der Waals surface area contributed by atoms with Gasteiger partial charge in [-0.3, -0.25) is 9.79 Å². The van der Waals surface area contributed by atoms with Crippen molar-refractivity contribution in [1.29, 1.82) is 0 Å². The monoisotopic (exact) mass is 399 g/mol. The molecule has 1 saturated heterocycles. The molecule has 0 radical (unpaired) electrons. The molecule has 1 aliphatic heterocycles. The van der Waals surface area contributed by atoms with Crippen LogP contribution in [-0.4, -0.2) is 81.7 Å². The average molecular weight is 400 g/mol. The van der Waals surface area contributed by atoms with Gasteiger partial charge in [-0.05, 0) is 32.4 Å². The Labute approximate surface area is 160 Å². The van der Waals surface area contributed by atoms with Gasteiger partial charge in [-0.15, -0.1) is 0 Å². The zero-order valence-electron chi connectivity index (χ0n) is 16.0. The molecule has 0 spiro atoms. The van der Waals surface area contributed by atoms with E-state index in [0.717, 1.165) is 12.5 Å². The molecule has 1 aliphatic rings. The molecule has 2 rings (SSSR count). The molecule has 152 valence electrons. The van der Waals surface area contributed by atoms with E-state index in [0.29, 0.717) is 51.4 Å².